The molecule has 8 heteroatoms. The third-order valence-electron chi connectivity index (χ3n) is 7.06. The van der Waals surface area contributed by atoms with E-state index in [0.29, 0.717) is 5.69 Å². The summed E-state index contributed by atoms with van der Waals surface area (Å²) >= 11 is 0. The van der Waals surface area contributed by atoms with Crippen LogP contribution in [0.15, 0.2) is 48.5 Å². The van der Waals surface area contributed by atoms with E-state index in [4.69, 9.17) is 0 Å². The summed E-state index contributed by atoms with van der Waals surface area (Å²) in [6.45, 7) is 7.51. The van der Waals surface area contributed by atoms with Crippen molar-refractivity contribution in [1.82, 2.24) is 10.2 Å². The molecule has 0 spiro atoms. The fourth-order valence-electron chi connectivity index (χ4n) is 4.96. The SMILES string of the molecule is Cc1cccc(CN(C(=O)CN(c2ccccc2C(C)C)S(C)(=O)=O)[C@H](C)C(=O)NC2CCCCC2)c1. The van der Waals surface area contributed by atoms with Gasteiger partial charge in [0, 0.05) is 12.6 Å². The molecule has 0 radical (unpaired) electrons. The molecule has 1 saturated carbocycles. The summed E-state index contributed by atoms with van der Waals surface area (Å²) in [5, 5.41) is 3.13. The molecule has 2 amide bonds. The molecular formula is C29H41N3O4S. The Labute approximate surface area is 222 Å². The molecule has 0 unspecified atom stereocenters. The number of amides is 2. The zero-order chi connectivity index (χ0) is 27.2. The molecule has 37 heavy (non-hydrogen) atoms. The Balaban J connectivity index is 1.92. The van der Waals surface area contributed by atoms with Gasteiger partial charge < -0.3 is 10.2 Å². The van der Waals surface area contributed by atoms with E-state index in [-0.39, 0.29) is 31.0 Å². The number of sulfonamides is 1. The second-order valence-corrected chi connectivity index (χ2v) is 12.4. The molecule has 1 aliphatic rings. The van der Waals surface area contributed by atoms with Gasteiger partial charge in [-0.2, -0.15) is 0 Å². The standard InChI is InChI=1S/C29H41N3O4S/c1-21(2)26-16-9-10-17-27(26)32(37(5,35)36)20-28(33)31(19-24-13-11-12-22(3)18-24)23(4)29(34)30-25-14-7-6-8-15-25/h9-13,16-18,21,23,25H,6-8,14-15,19-20H2,1-5H3,(H,30,34)/t23-/m1/s1. The van der Waals surface area contributed by atoms with Crippen LogP contribution in [0, 0.1) is 6.92 Å². The van der Waals surface area contributed by atoms with Crippen molar-refractivity contribution in [3.63, 3.8) is 0 Å². The number of rotatable bonds is 10. The molecule has 0 aromatic heterocycles. The average molecular weight is 528 g/mol. The molecule has 202 valence electrons. The number of aryl methyl sites for hydroxylation is 1. The van der Waals surface area contributed by atoms with Gasteiger partial charge in [-0.05, 0) is 49.8 Å². The summed E-state index contributed by atoms with van der Waals surface area (Å²) in [6, 6.07) is 14.4. The molecule has 1 atom stereocenters. The van der Waals surface area contributed by atoms with Crippen LogP contribution in [0.3, 0.4) is 0 Å². The van der Waals surface area contributed by atoms with E-state index in [1.54, 1.807) is 19.1 Å². The Morgan fingerprint density at radius 2 is 1.68 bits per heavy atom. The third kappa shape index (κ3) is 7.81. The van der Waals surface area contributed by atoms with Crippen molar-refractivity contribution in [2.45, 2.75) is 84.3 Å². The Kier molecular flexibility index (Phi) is 9.76. The minimum absolute atomic E-state index is 0.0687. The number of hydrogen-bond acceptors (Lipinski definition) is 4. The van der Waals surface area contributed by atoms with E-state index in [1.807, 2.05) is 57.2 Å². The first kappa shape index (κ1) is 28.7. The van der Waals surface area contributed by atoms with Crippen LogP contribution >= 0.6 is 0 Å². The van der Waals surface area contributed by atoms with Crippen LogP contribution in [-0.2, 0) is 26.2 Å². The van der Waals surface area contributed by atoms with Gasteiger partial charge in [0.05, 0.1) is 11.9 Å². The lowest BCUT2D eigenvalue weighted by atomic mass is 9.95. The first-order valence-corrected chi connectivity index (χ1v) is 15.0. The summed E-state index contributed by atoms with van der Waals surface area (Å²) in [6.07, 6.45) is 6.35. The van der Waals surface area contributed by atoms with Crippen LogP contribution < -0.4 is 9.62 Å². The number of benzene rings is 2. The van der Waals surface area contributed by atoms with Crippen molar-refractivity contribution in [3.05, 3.63) is 65.2 Å². The first-order chi connectivity index (χ1) is 17.5. The second-order valence-electron chi connectivity index (χ2n) is 10.5. The molecule has 1 N–H and O–H groups in total. The lowest BCUT2D eigenvalue weighted by Gasteiger charge is -2.33. The predicted molar refractivity (Wildman–Crippen MR) is 149 cm³/mol. The summed E-state index contributed by atoms with van der Waals surface area (Å²) < 4.78 is 27.0. The van der Waals surface area contributed by atoms with Gasteiger partial charge in [0.1, 0.15) is 12.6 Å². The molecule has 1 fully saturated rings. The van der Waals surface area contributed by atoms with Crippen LogP contribution in [0.2, 0.25) is 0 Å². The van der Waals surface area contributed by atoms with E-state index in [2.05, 4.69) is 5.32 Å². The number of nitrogens with zero attached hydrogens (tertiary/aromatic N) is 2. The van der Waals surface area contributed by atoms with E-state index in [9.17, 15) is 18.0 Å². The van der Waals surface area contributed by atoms with E-state index in [1.165, 1.54) is 15.6 Å². The van der Waals surface area contributed by atoms with Crippen molar-refractivity contribution in [2.75, 3.05) is 17.1 Å². The molecule has 0 saturated heterocycles. The molecule has 0 aliphatic heterocycles. The van der Waals surface area contributed by atoms with Gasteiger partial charge >= 0.3 is 0 Å². The van der Waals surface area contributed by atoms with Gasteiger partial charge in [0.2, 0.25) is 21.8 Å². The Hall–Kier alpha value is -2.87. The van der Waals surface area contributed by atoms with Crippen LogP contribution in [0.5, 0.6) is 0 Å². The quantitative estimate of drug-likeness (QED) is 0.483. The molecule has 2 aromatic carbocycles. The maximum atomic E-state index is 13.8. The molecule has 0 bridgehead atoms. The predicted octanol–water partition coefficient (Wildman–Crippen LogP) is 4.75. The van der Waals surface area contributed by atoms with Crippen molar-refractivity contribution < 1.29 is 18.0 Å². The fraction of sp³-hybridized carbons (Fsp3) is 0.517. The first-order valence-electron chi connectivity index (χ1n) is 13.2. The topological polar surface area (TPSA) is 86.8 Å². The summed E-state index contributed by atoms with van der Waals surface area (Å²) in [5.74, 6) is -0.558. The van der Waals surface area contributed by atoms with Crippen LogP contribution in [0.4, 0.5) is 5.69 Å². The van der Waals surface area contributed by atoms with E-state index in [0.717, 1.165) is 48.6 Å². The summed E-state index contributed by atoms with van der Waals surface area (Å²) in [5.41, 5.74) is 3.27. The minimum atomic E-state index is -3.77. The normalized spacial score (nSPS) is 15.3. The maximum absolute atomic E-state index is 13.8. The van der Waals surface area contributed by atoms with Gasteiger partial charge in [-0.25, -0.2) is 8.42 Å². The highest BCUT2D eigenvalue weighted by Gasteiger charge is 2.32. The highest BCUT2D eigenvalue weighted by molar-refractivity contribution is 7.92. The smallest absolute Gasteiger partial charge is 0.244 e. The molecule has 0 heterocycles. The monoisotopic (exact) mass is 527 g/mol. The van der Waals surface area contributed by atoms with Crippen molar-refractivity contribution in [1.29, 1.82) is 0 Å². The Morgan fingerprint density at radius 1 is 1.00 bits per heavy atom. The average Bonchev–Trinajstić information content (AvgIpc) is 2.85. The molecule has 3 rings (SSSR count). The summed E-state index contributed by atoms with van der Waals surface area (Å²) in [4.78, 5) is 28.6. The molecule has 1 aliphatic carbocycles. The highest BCUT2D eigenvalue weighted by atomic mass is 32.2. The zero-order valence-corrected chi connectivity index (χ0v) is 23.6. The highest BCUT2D eigenvalue weighted by Crippen LogP contribution is 2.29. The molecular weight excluding hydrogens is 486 g/mol. The van der Waals surface area contributed by atoms with Gasteiger partial charge in [-0.15, -0.1) is 0 Å². The van der Waals surface area contributed by atoms with Crippen LogP contribution in [0.25, 0.3) is 0 Å². The van der Waals surface area contributed by atoms with Gasteiger partial charge in [-0.3, -0.25) is 13.9 Å². The third-order valence-corrected chi connectivity index (χ3v) is 8.19. The lowest BCUT2D eigenvalue weighted by molar-refractivity contribution is -0.139. The van der Waals surface area contributed by atoms with E-state index < -0.39 is 22.0 Å². The largest absolute Gasteiger partial charge is 0.352 e. The second kappa shape index (κ2) is 12.6. The number of carbonyl (C=O) groups excluding carboxylic acids is 2. The summed E-state index contributed by atoms with van der Waals surface area (Å²) in [7, 11) is -3.77. The van der Waals surface area contributed by atoms with Gasteiger partial charge in [0.25, 0.3) is 0 Å². The van der Waals surface area contributed by atoms with Gasteiger partial charge in [-0.1, -0.05) is 81.1 Å². The lowest BCUT2D eigenvalue weighted by Crippen LogP contribution is -2.53. The fourth-order valence-corrected chi connectivity index (χ4v) is 5.82. The molecule has 7 nitrogen and oxygen atoms in total. The minimum Gasteiger partial charge on any atom is -0.352 e. The van der Waals surface area contributed by atoms with Crippen LogP contribution in [0.1, 0.15) is 75.5 Å². The Morgan fingerprint density at radius 3 is 2.30 bits per heavy atom. The van der Waals surface area contributed by atoms with Crippen molar-refractivity contribution in [2.24, 2.45) is 0 Å². The number of carbonyl (C=O) groups is 2. The van der Waals surface area contributed by atoms with Crippen molar-refractivity contribution >= 4 is 27.5 Å². The van der Waals surface area contributed by atoms with Crippen LogP contribution in [-0.4, -0.2) is 50.0 Å². The van der Waals surface area contributed by atoms with Crippen molar-refractivity contribution in [3.8, 4) is 0 Å². The van der Waals surface area contributed by atoms with Gasteiger partial charge in [0.15, 0.2) is 0 Å². The number of anilines is 1. The Bertz CT molecular complexity index is 1190. The number of hydrogen-bond donors (Lipinski definition) is 1. The van der Waals surface area contributed by atoms with E-state index >= 15 is 0 Å². The number of nitrogens with one attached hydrogen (secondary N) is 1. The molecule has 2 aromatic rings. The number of para-hydroxylation sites is 1. The maximum Gasteiger partial charge on any atom is 0.244 e. The zero-order valence-electron chi connectivity index (χ0n) is 22.7.